The normalized spacial score (nSPS) is 18.7. The van der Waals surface area contributed by atoms with E-state index in [-0.39, 0.29) is 6.04 Å². The highest BCUT2D eigenvalue weighted by Crippen LogP contribution is 2.31. The summed E-state index contributed by atoms with van der Waals surface area (Å²) >= 11 is 3.54. The molecular weight excluding hydrogens is 266 g/mol. The third kappa shape index (κ3) is 2.77. The van der Waals surface area contributed by atoms with E-state index >= 15 is 0 Å². The Bertz CT molecular complexity index is 359. The number of benzene rings is 1. The van der Waals surface area contributed by atoms with Crippen molar-refractivity contribution >= 4 is 15.9 Å². The number of halogens is 1. The molecule has 2 rings (SSSR count). The summed E-state index contributed by atoms with van der Waals surface area (Å²) in [4.78, 5) is 0. The Labute approximate surface area is 105 Å². The summed E-state index contributed by atoms with van der Waals surface area (Å²) in [6.45, 7) is 1.99. The average Bonchev–Trinajstić information content (AvgIpc) is 2.73. The molecule has 0 spiro atoms. The molecule has 1 fully saturated rings. The van der Waals surface area contributed by atoms with Crippen molar-refractivity contribution < 1.29 is 4.74 Å². The Balaban J connectivity index is 2.09. The molecule has 0 heterocycles. The molecule has 0 aliphatic heterocycles. The highest BCUT2D eigenvalue weighted by atomic mass is 79.9. The first kappa shape index (κ1) is 11.9. The Morgan fingerprint density at radius 2 is 2.06 bits per heavy atom. The maximum Gasteiger partial charge on any atom is 0.133 e. The monoisotopic (exact) mass is 283 g/mol. The van der Waals surface area contributed by atoms with Gasteiger partial charge in [-0.1, -0.05) is 6.07 Å². The number of hydrogen-bond donors (Lipinski definition) is 1. The van der Waals surface area contributed by atoms with Gasteiger partial charge < -0.3 is 10.5 Å². The first-order valence-corrected chi connectivity index (χ1v) is 6.68. The second kappa shape index (κ2) is 5.19. The fraction of sp³-hybridized carbons (Fsp3) is 0.538. The summed E-state index contributed by atoms with van der Waals surface area (Å²) in [6.07, 6.45) is 5.35. The van der Waals surface area contributed by atoms with Crippen LogP contribution in [0.5, 0.6) is 5.75 Å². The van der Waals surface area contributed by atoms with Crippen LogP contribution in [0.1, 0.15) is 44.2 Å². The summed E-state index contributed by atoms with van der Waals surface area (Å²) in [5.41, 5.74) is 6.96. The van der Waals surface area contributed by atoms with Crippen molar-refractivity contribution in [3.8, 4) is 5.75 Å². The Morgan fingerprint density at radius 1 is 1.38 bits per heavy atom. The predicted molar refractivity (Wildman–Crippen MR) is 69.6 cm³/mol. The summed E-state index contributed by atoms with van der Waals surface area (Å²) < 4.78 is 6.96. The van der Waals surface area contributed by atoms with E-state index in [1.54, 1.807) is 0 Å². The van der Waals surface area contributed by atoms with E-state index in [2.05, 4.69) is 22.0 Å². The molecule has 1 aliphatic rings. The molecule has 1 aromatic rings. The van der Waals surface area contributed by atoms with Crippen LogP contribution in [0.25, 0.3) is 0 Å². The van der Waals surface area contributed by atoms with Crippen LogP contribution in [-0.2, 0) is 0 Å². The zero-order valence-corrected chi connectivity index (χ0v) is 11.2. The molecule has 1 saturated carbocycles. The number of nitrogens with two attached hydrogens (primary N) is 1. The first-order valence-electron chi connectivity index (χ1n) is 5.88. The van der Waals surface area contributed by atoms with Crippen molar-refractivity contribution in [3.63, 3.8) is 0 Å². The number of hydrogen-bond acceptors (Lipinski definition) is 2. The molecule has 1 aliphatic carbocycles. The summed E-state index contributed by atoms with van der Waals surface area (Å²) in [5, 5.41) is 0. The van der Waals surface area contributed by atoms with Crippen LogP contribution >= 0.6 is 15.9 Å². The van der Waals surface area contributed by atoms with Gasteiger partial charge in [0.15, 0.2) is 0 Å². The standard InChI is InChI=1S/C13H18BrNO/c1-9(15)10-6-7-13(12(14)8-10)16-11-4-2-3-5-11/h6-9,11H,2-5,15H2,1H3/t9-/m0/s1. The van der Waals surface area contributed by atoms with Gasteiger partial charge in [0.2, 0.25) is 0 Å². The minimum absolute atomic E-state index is 0.0665. The van der Waals surface area contributed by atoms with Gasteiger partial charge in [0, 0.05) is 6.04 Å². The first-order chi connectivity index (χ1) is 7.66. The molecule has 3 heteroatoms. The van der Waals surface area contributed by atoms with Gasteiger partial charge in [0.1, 0.15) is 5.75 Å². The Morgan fingerprint density at radius 3 is 2.62 bits per heavy atom. The van der Waals surface area contributed by atoms with E-state index in [9.17, 15) is 0 Å². The molecule has 88 valence electrons. The lowest BCUT2D eigenvalue weighted by atomic mass is 10.1. The second-order valence-electron chi connectivity index (χ2n) is 4.50. The van der Waals surface area contributed by atoms with E-state index < -0.39 is 0 Å². The van der Waals surface area contributed by atoms with Crippen molar-refractivity contribution in [2.75, 3.05) is 0 Å². The molecule has 2 nitrogen and oxygen atoms in total. The van der Waals surface area contributed by atoms with Gasteiger partial charge in [-0.25, -0.2) is 0 Å². The fourth-order valence-corrected chi connectivity index (χ4v) is 2.57. The van der Waals surface area contributed by atoms with Crippen LogP contribution in [0.4, 0.5) is 0 Å². The van der Waals surface area contributed by atoms with E-state index in [1.165, 1.54) is 25.7 Å². The highest BCUT2D eigenvalue weighted by molar-refractivity contribution is 9.10. The Kier molecular flexibility index (Phi) is 3.87. The lowest BCUT2D eigenvalue weighted by Crippen LogP contribution is -2.11. The van der Waals surface area contributed by atoms with Gasteiger partial charge >= 0.3 is 0 Å². The minimum atomic E-state index is 0.0665. The second-order valence-corrected chi connectivity index (χ2v) is 5.36. The average molecular weight is 284 g/mol. The van der Waals surface area contributed by atoms with Crippen molar-refractivity contribution in [3.05, 3.63) is 28.2 Å². The molecule has 2 N–H and O–H groups in total. The maximum absolute atomic E-state index is 5.95. The molecule has 0 amide bonds. The van der Waals surface area contributed by atoms with Crippen LogP contribution in [0.15, 0.2) is 22.7 Å². The summed E-state index contributed by atoms with van der Waals surface area (Å²) in [6, 6.07) is 6.17. The third-order valence-corrected chi connectivity index (χ3v) is 3.70. The van der Waals surface area contributed by atoms with E-state index in [1.807, 2.05) is 19.1 Å². The van der Waals surface area contributed by atoms with Crippen molar-refractivity contribution in [2.45, 2.75) is 44.8 Å². The predicted octanol–water partition coefficient (Wildman–Crippen LogP) is 3.79. The molecule has 0 aromatic heterocycles. The molecule has 1 aromatic carbocycles. The van der Waals surface area contributed by atoms with Crippen molar-refractivity contribution in [2.24, 2.45) is 5.73 Å². The molecular formula is C13H18BrNO. The van der Waals surface area contributed by atoms with Crippen LogP contribution in [0.2, 0.25) is 0 Å². The minimum Gasteiger partial charge on any atom is -0.489 e. The molecule has 0 bridgehead atoms. The Hall–Kier alpha value is -0.540. The van der Waals surface area contributed by atoms with Crippen LogP contribution < -0.4 is 10.5 Å². The van der Waals surface area contributed by atoms with Crippen molar-refractivity contribution in [1.82, 2.24) is 0 Å². The number of rotatable bonds is 3. The summed E-state index contributed by atoms with van der Waals surface area (Å²) in [5.74, 6) is 0.941. The topological polar surface area (TPSA) is 35.2 Å². The van der Waals surface area contributed by atoms with Gasteiger partial charge in [-0.05, 0) is 66.2 Å². The fourth-order valence-electron chi connectivity index (χ4n) is 2.08. The highest BCUT2D eigenvalue weighted by Gasteiger charge is 2.17. The van der Waals surface area contributed by atoms with E-state index in [4.69, 9.17) is 10.5 Å². The lowest BCUT2D eigenvalue weighted by molar-refractivity contribution is 0.208. The molecule has 0 unspecified atom stereocenters. The zero-order valence-electron chi connectivity index (χ0n) is 9.58. The maximum atomic E-state index is 5.95. The SMILES string of the molecule is C[C@H](N)c1ccc(OC2CCCC2)c(Br)c1. The van der Waals surface area contributed by atoms with Gasteiger partial charge in [-0.15, -0.1) is 0 Å². The molecule has 0 saturated heterocycles. The quantitative estimate of drug-likeness (QED) is 0.916. The van der Waals surface area contributed by atoms with E-state index in [0.29, 0.717) is 6.10 Å². The molecule has 16 heavy (non-hydrogen) atoms. The molecule has 0 radical (unpaired) electrons. The van der Waals surface area contributed by atoms with Crippen LogP contribution in [0, 0.1) is 0 Å². The molecule has 1 atom stereocenters. The zero-order chi connectivity index (χ0) is 11.5. The largest absolute Gasteiger partial charge is 0.489 e. The lowest BCUT2D eigenvalue weighted by Gasteiger charge is -2.15. The summed E-state index contributed by atoms with van der Waals surface area (Å²) in [7, 11) is 0. The van der Waals surface area contributed by atoms with Crippen molar-refractivity contribution in [1.29, 1.82) is 0 Å². The van der Waals surface area contributed by atoms with Gasteiger partial charge in [0.25, 0.3) is 0 Å². The smallest absolute Gasteiger partial charge is 0.133 e. The van der Waals surface area contributed by atoms with Gasteiger partial charge in [0.05, 0.1) is 10.6 Å². The van der Waals surface area contributed by atoms with Crippen LogP contribution in [0.3, 0.4) is 0 Å². The third-order valence-electron chi connectivity index (χ3n) is 3.08. The van der Waals surface area contributed by atoms with E-state index in [0.717, 1.165) is 15.8 Å². The van der Waals surface area contributed by atoms with Crippen LogP contribution in [-0.4, -0.2) is 6.10 Å². The van der Waals surface area contributed by atoms with Gasteiger partial charge in [-0.2, -0.15) is 0 Å². The van der Waals surface area contributed by atoms with Gasteiger partial charge in [-0.3, -0.25) is 0 Å². The number of ether oxygens (including phenoxy) is 1.